The van der Waals surface area contributed by atoms with Crippen LogP contribution in [0, 0.1) is 6.92 Å². The summed E-state index contributed by atoms with van der Waals surface area (Å²) >= 11 is 1.91. The number of hydrogen-bond donors (Lipinski definition) is 0. The van der Waals surface area contributed by atoms with Gasteiger partial charge in [-0.2, -0.15) is 0 Å². The van der Waals surface area contributed by atoms with Crippen LogP contribution in [0.5, 0.6) is 0 Å². The average molecular weight is 236 g/mol. The predicted molar refractivity (Wildman–Crippen MR) is 79.9 cm³/mol. The van der Waals surface area contributed by atoms with E-state index >= 15 is 0 Å². The molecule has 1 heterocycles. The zero-order chi connectivity index (χ0) is 11.8. The zero-order valence-corrected chi connectivity index (χ0v) is 11.1. The molecule has 0 N–H and O–H groups in total. The molecule has 0 unspecified atom stereocenters. The summed E-state index contributed by atoms with van der Waals surface area (Å²) in [5.74, 6) is 0. The number of rotatable bonds is 1. The molecule has 0 nitrogen and oxygen atoms in total. The monoisotopic (exact) mass is 236 g/mol. The van der Waals surface area contributed by atoms with Crippen molar-refractivity contribution in [3.8, 4) is 0 Å². The number of hydrogen-bond acceptors (Lipinski definition) is 1. The van der Waals surface area contributed by atoms with Gasteiger partial charge in [0, 0.05) is 9.79 Å². The molecule has 17 heavy (non-hydrogen) atoms. The molecule has 1 aliphatic heterocycles. The molecule has 3 rings (SSSR count). The Morgan fingerprint density at radius 2 is 1.76 bits per heavy atom. The summed E-state index contributed by atoms with van der Waals surface area (Å²) in [7, 11) is 3.34. The second-order valence-corrected chi connectivity index (χ2v) is 5.77. The van der Waals surface area contributed by atoms with E-state index in [1.807, 2.05) is 11.8 Å². The van der Waals surface area contributed by atoms with Gasteiger partial charge in [-0.15, -0.1) is 0 Å². The molecule has 0 aromatic heterocycles. The van der Waals surface area contributed by atoms with E-state index in [4.69, 9.17) is 0 Å². The highest BCUT2D eigenvalue weighted by atomic mass is 32.2. The van der Waals surface area contributed by atoms with Gasteiger partial charge in [0.15, 0.2) is 0 Å². The Morgan fingerprint density at radius 1 is 1.06 bits per heavy atom. The third-order valence-corrected chi connectivity index (χ3v) is 4.59. The van der Waals surface area contributed by atoms with Gasteiger partial charge in [0.1, 0.15) is 7.17 Å². The van der Waals surface area contributed by atoms with Crippen LogP contribution in [0.2, 0.25) is 0 Å². The van der Waals surface area contributed by atoms with Gasteiger partial charge in [0.2, 0.25) is 0 Å². The molecular weight excluding hydrogens is 222 g/mol. The maximum atomic E-state index is 2.37. The number of benzene rings is 2. The van der Waals surface area contributed by atoms with Crippen LogP contribution in [-0.2, 0) is 6.42 Å². The lowest BCUT2D eigenvalue weighted by atomic mass is 9.51. The van der Waals surface area contributed by atoms with Crippen molar-refractivity contribution < 1.29 is 0 Å². The molecule has 2 aromatic carbocycles. The van der Waals surface area contributed by atoms with Crippen molar-refractivity contribution in [1.29, 1.82) is 0 Å². The van der Waals surface area contributed by atoms with E-state index in [-0.39, 0.29) is 0 Å². The standard InChI is InChI=1S/C14H14B2S/c1-9-2-4-13-10(6-9)7-11-8-12(16-15)3-5-14(11)17-13/h2-6,8,16H,7,15H2,1H3. The van der Waals surface area contributed by atoms with E-state index < -0.39 is 0 Å². The maximum absolute atomic E-state index is 2.37. The SMILES string of the molecule is BBc1ccc2c(c1)Cc1cc(C)ccc1S2. The van der Waals surface area contributed by atoms with E-state index in [1.54, 1.807) is 0 Å². The summed E-state index contributed by atoms with van der Waals surface area (Å²) in [6.45, 7) is 2.17. The Morgan fingerprint density at radius 3 is 2.53 bits per heavy atom. The molecule has 0 radical (unpaired) electrons. The summed E-state index contributed by atoms with van der Waals surface area (Å²) < 4.78 is 0. The van der Waals surface area contributed by atoms with Crippen LogP contribution in [0.1, 0.15) is 16.7 Å². The summed E-state index contributed by atoms with van der Waals surface area (Å²) in [6.07, 6.45) is 1.09. The van der Waals surface area contributed by atoms with Crippen molar-refractivity contribution >= 4 is 32.1 Å². The van der Waals surface area contributed by atoms with Crippen molar-refractivity contribution in [2.75, 3.05) is 0 Å². The molecule has 82 valence electrons. The minimum atomic E-state index is 1.09. The van der Waals surface area contributed by atoms with Crippen LogP contribution in [0.15, 0.2) is 46.2 Å². The molecule has 0 fully saturated rings. The van der Waals surface area contributed by atoms with Gasteiger partial charge in [-0.25, -0.2) is 0 Å². The minimum absolute atomic E-state index is 1.09. The molecule has 3 heteroatoms. The molecule has 0 atom stereocenters. The topological polar surface area (TPSA) is 0 Å². The quantitative estimate of drug-likeness (QED) is 0.579. The van der Waals surface area contributed by atoms with Crippen LogP contribution in [0.3, 0.4) is 0 Å². The first kappa shape index (κ1) is 11.0. The van der Waals surface area contributed by atoms with Crippen LogP contribution in [-0.4, -0.2) is 14.9 Å². The fourth-order valence-corrected chi connectivity index (χ4v) is 3.39. The van der Waals surface area contributed by atoms with Gasteiger partial charge in [-0.05, 0) is 36.6 Å². The van der Waals surface area contributed by atoms with Gasteiger partial charge in [0.05, 0.1) is 7.74 Å². The highest BCUT2D eigenvalue weighted by Crippen LogP contribution is 2.39. The first-order valence-corrected chi connectivity index (χ1v) is 6.97. The lowest BCUT2D eigenvalue weighted by Gasteiger charge is -2.20. The molecule has 0 aliphatic carbocycles. The van der Waals surface area contributed by atoms with E-state index in [1.165, 1.54) is 31.9 Å². The first-order valence-electron chi connectivity index (χ1n) is 6.15. The van der Waals surface area contributed by atoms with Gasteiger partial charge in [-0.1, -0.05) is 47.1 Å². The van der Waals surface area contributed by atoms with Crippen LogP contribution in [0.4, 0.5) is 0 Å². The molecule has 0 spiro atoms. The zero-order valence-electron chi connectivity index (χ0n) is 10.3. The first-order chi connectivity index (χ1) is 8.26. The Bertz CT molecular complexity index is 578. The predicted octanol–water partition coefficient (Wildman–Crippen LogP) is 1.66. The smallest absolute Gasteiger partial charge is 0.0931 e. The molecular formula is C14H14B2S. The van der Waals surface area contributed by atoms with Gasteiger partial charge in [-0.3, -0.25) is 0 Å². The summed E-state index contributed by atoms with van der Waals surface area (Å²) in [5, 5.41) is 0. The highest BCUT2D eigenvalue weighted by molar-refractivity contribution is 7.99. The fourth-order valence-electron chi connectivity index (χ4n) is 2.36. The third kappa shape index (κ3) is 2.04. The molecule has 2 aromatic rings. The van der Waals surface area contributed by atoms with Crippen molar-refractivity contribution in [2.45, 2.75) is 23.1 Å². The fraction of sp³-hybridized carbons (Fsp3) is 0.143. The Hall–Kier alpha value is -1.08. The van der Waals surface area contributed by atoms with E-state index in [9.17, 15) is 0 Å². The summed E-state index contributed by atoms with van der Waals surface area (Å²) in [4.78, 5) is 2.85. The van der Waals surface area contributed by atoms with Crippen LogP contribution < -0.4 is 5.46 Å². The van der Waals surface area contributed by atoms with Crippen molar-refractivity contribution in [3.05, 3.63) is 53.1 Å². The maximum Gasteiger partial charge on any atom is 0.118 e. The lowest BCUT2D eigenvalue weighted by molar-refractivity contribution is 1.05. The normalized spacial score (nSPS) is 12.8. The highest BCUT2D eigenvalue weighted by Gasteiger charge is 2.15. The average Bonchev–Trinajstić information content (AvgIpc) is 2.35. The van der Waals surface area contributed by atoms with Crippen LogP contribution in [0.25, 0.3) is 0 Å². The van der Waals surface area contributed by atoms with Crippen LogP contribution >= 0.6 is 11.8 Å². The van der Waals surface area contributed by atoms with E-state index in [0.29, 0.717) is 0 Å². The van der Waals surface area contributed by atoms with Crippen molar-refractivity contribution in [3.63, 3.8) is 0 Å². The molecule has 0 saturated heterocycles. The Balaban J connectivity index is 2.05. The summed E-state index contributed by atoms with van der Waals surface area (Å²) in [5.41, 5.74) is 5.78. The second-order valence-electron chi connectivity index (χ2n) is 4.69. The van der Waals surface area contributed by atoms with Crippen molar-refractivity contribution in [1.82, 2.24) is 0 Å². The minimum Gasteiger partial charge on any atom is -0.0931 e. The van der Waals surface area contributed by atoms with E-state index in [0.717, 1.165) is 13.6 Å². The molecule has 0 amide bonds. The van der Waals surface area contributed by atoms with Gasteiger partial charge >= 0.3 is 0 Å². The van der Waals surface area contributed by atoms with Gasteiger partial charge < -0.3 is 0 Å². The Kier molecular flexibility index (Phi) is 2.79. The Labute approximate surface area is 108 Å². The molecule has 0 bridgehead atoms. The lowest BCUT2D eigenvalue weighted by Crippen LogP contribution is -2.15. The van der Waals surface area contributed by atoms with E-state index in [2.05, 4.69) is 51.1 Å². The summed E-state index contributed by atoms with van der Waals surface area (Å²) in [6, 6.07) is 13.7. The third-order valence-electron chi connectivity index (χ3n) is 3.35. The number of aryl methyl sites for hydroxylation is 1. The number of fused-ring (bicyclic) bond motifs is 2. The molecule has 0 saturated carbocycles. The van der Waals surface area contributed by atoms with Gasteiger partial charge in [0.25, 0.3) is 0 Å². The second kappa shape index (κ2) is 4.30. The largest absolute Gasteiger partial charge is 0.118 e. The molecule has 1 aliphatic rings. The van der Waals surface area contributed by atoms with Crippen molar-refractivity contribution in [2.24, 2.45) is 0 Å².